The van der Waals surface area contributed by atoms with Gasteiger partial charge >= 0.3 is 0 Å². The van der Waals surface area contributed by atoms with Crippen LogP contribution in [0.3, 0.4) is 0 Å². The molecule has 1 heterocycles. The summed E-state index contributed by atoms with van der Waals surface area (Å²) in [5.41, 5.74) is 3.84. The van der Waals surface area contributed by atoms with E-state index < -0.39 is 10.0 Å². The molecule has 0 saturated carbocycles. The first-order valence-corrected chi connectivity index (χ1v) is 12.4. The molecule has 5 aromatic rings. The van der Waals surface area contributed by atoms with Crippen LogP contribution in [0.4, 0.5) is 17.3 Å². The second-order valence-electron chi connectivity index (χ2n) is 7.73. The van der Waals surface area contributed by atoms with E-state index in [0.717, 1.165) is 11.1 Å². The summed E-state index contributed by atoms with van der Waals surface area (Å²) in [4.78, 5) is 9.32. The standard InChI is InChI=1S/C27H22N4O3S/c1-34-25-18-20(16-17-22(25)19-10-4-2-5-11-19)28-26-27(30-24-15-9-8-14-23(24)29-26)31-35(32,33)21-12-6-3-7-13-21/h2-18H,1H3,(H,28,29)(H,30,31). The van der Waals surface area contributed by atoms with E-state index >= 15 is 0 Å². The van der Waals surface area contributed by atoms with Crippen LogP contribution in [0.1, 0.15) is 0 Å². The zero-order chi connectivity index (χ0) is 24.3. The summed E-state index contributed by atoms with van der Waals surface area (Å²) < 4.78 is 34.3. The molecule has 5 rings (SSSR count). The summed E-state index contributed by atoms with van der Waals surface area (Å²) in [5.74, 6) is 1.04. The minimum Gasteiger partial charge on any atom is -0.496 e. The molecule has 1 aromatic heterocycles. The maximum absolute atomic E-state index is 13.0. The monoisotopic (exact) mass is 482 g/mol. The Morgan fingerprint density at radius 3 is 1.97 bits per heavy atom. The minimum atomic E-state index is -3.87. The maximum Gasteiger partial charge on any atom is 0.263 e. The molecule has 7 nitrogen and oxygen atoms in total. The number of nitrogens with one attached hydrogen (secondary N) is 2. The van der Waals surface area contributed by atoms with Gasteiger partial charge in [-0.1, -0.05) is 60.7 Å². The predicted molar refractivity (Wildman–Crippen MR) is 139 cm³/mol. The number of rotatable bonds is 7. The van der Waals surface area contributed by atoms with Crippen molar-refractivity contribution in [2.75, 3.05) is 17.1 Å². The lowest BCUT2D eigenvalue weighted by atomic mass is 10.0. The number of para-hydroxylation sites is 2. The average molecular weight is 483 g/mol. The van der Waals surface area contributed by atoms with Crippen LogP contribution in [0.25, 0.3) is 22.2 Å². The van der Waals surface area contributed by atoms with E-state index in [4.69, 9.17) is 4.74 Å². The molecule has 0 aliphatic carbocycles. The van der Waals surface area contributed by atoms with Gasteiger partial charge in [-0.3, -0.25) is 4.72 Å². The molecule has 0 fully saturated rings. The zero-order valence-electron chi connectivity index (χ0n) is 18.8. The van der Waals surface area contributed by atoms with Crippen molar-refractivity contribution in [1.29, 1.82) is 0 Å². The Morgan fingerprint density at radius 1 is 0.714 bits per heavy atom. The number of hydrogen-bond donors (Lipinski definition) is 2. The van der Waals surface area contributed by atoms with Crippen LogP contribution in [-0.2, 0) is 10.0 Å². The molecular weight excluding hydrogens is 460 g/mol. The molecule has 0 radical (unpaired) electrons. The molecular formula is C27H22N4O3S. The van der Waals surface area contributed by atoms with Crippen molar-refractivity contribution in [1.82, 2.24) is 9.97 Å². The summed E-state index contributed by atoms with van der Waals surface area (Å²) in [7, 11) is -2.26. The fourth-order valence-electron chi connectivity index (χ4n) is 3.71. The van der Waals surface area contributed by atoms with Gasteiger partial charge < -0.3 is 10.1 Å². The topological polar surface area (TPSA) is 93.2 Å². The van der Waals surface area contributed by atoms with Crippen LogP contribution < -0.4 is 14.8 Å². The van der Waals surface area contributed by atoms with Crippen LogP contribution in [0, 0.1) is 0 Å². The summed E-state index contributed by atoms with van der Waals surface area (Å²) in [5, 5.41) is 3.21. The van der Waals surface area contributed by atoms with Gasteiger partial charge in [-0.2, -0.15) is 0 Å². The maximum atomic E-state index is 13.0. The van der Waals surface area contributed by atoms with Crippen molar-refractivity contribution >= 4 is 38.4 Å². The highest BCUT2D eigenvalue weighted by molar-refractivity contribution is 7.92. The van der Waals surface area contributed by atoms with Gasteiger partial charge in [0.05, 0.1) is 23.0 Å². The molecule has 174 valence electrons. The Labute approximate surface area is 203 Å². The lowest BCUT2D eigenvalue weighted by molar-refractivity contribution is 0.416. The summed E-state index contributed by atoms with van der Waals surface area (Å²) >= 11 is 0. The zero-order valence-corrected chi connectivity index (χ0v) is 19.7. The van der Waals surface area contributed by atoms with Crippen LogP contribution in [-0.4, -0.2) is 25.5 Å². The number of benzene rings is 4. The average Bonchev–Trinajstić information content (AvgIpc) is 2.90. The minimum absolute atomic E-state index is 0.0960. The predicted octanol–water partition coefficient (Wildman–Crippen LogP) is 5.85. The lowest BCUT2D eigenvalue weighted by Crippen LogP contribution is -2.16. The van der Waals surface area contributed by atoms with Gasteiger partial charge in [0.1, 0.15) is 5.75 Å². The fraction of sp³-hybridized carbons (Fsp3) is 0.0370. The molecule has 0 aliphatic heterocycles. The van der Waals surface area contributed by atoms with Gasteiger partial charge in [0, 0.05) is 17.3 Å². The van der Waals surface area contributed by atoms with Crippen molar-refractivity contribution in [2.24, 2.45) is 0 Å². The van der Waals surface area contributed by atoms with Crippen molar-refractivity contribution in [3.63, 3.8) is 0 Å². The van der Waals surface area contributed by atoms with E-state index in [-0.39, 0.29) is 16.5 Å². The van der Waals surface area contributed by atoms with Crippen LogP contribution in [0.15, 0.2) is 108 Å². The van der Waals surface area contributed by atoms with Gasteiger partial charge in [-0.15, -0.1) is 0 Å². The SMILES string of the molecule is COc1cc(Nc2nc3ccccc3nc2NS(=O)(=O)c2ccccc2)ccc1-c1ccccc1. The van der Waals surface area contributed by atoms with Crippen LogP contribution in [0.5, 0.6) is 5.75 Å². The van der Waals surface area contributed by atoms with Crippen molar-refractivity contribution in [3.8, 4) is 16.9 Å². The number of aromatic nitrogens is 2. The second kappa shape index (κ2) is 9.44. The number of fused-ring (bicyclic) bond motifs is 1. The smallest absolute Gasteiger partial charge is 0.263 e. The van der Waals surface area contributed by atoms with E-state index in [1.165, 1.54) is 12.1 Å². The first kappa shape index (κ1) is 22.4. The van der Waals surface area contributed by atoms with Crippen LogP contribution in [0.2, 0.25) is 0 Å². The molecule has 0 aliphatic rings. The Kier molecular flexibility index (Phi) is 6.03. The highest BCUT2D eigenvalue weighted by Gasteiger charge is 2.19. The summed E-state index contributed by atoms with van der Waals surface area (Å²) in [6, 6.07) is 31.0. The van der Waals surface area contributed by atoms with Gasteiger partial charge in [0.2, 0.25) is 0 Å². The third-order valence-electron chi connectivity index (χ3n) is 5.40. The van der Waals surface area contributed by atoms with Gasteiger partial charge in [-0.05, 0) is 42.0 Å². The molecule has 0 amide bonds. The molecule has 0 saturated heterocycles. The van der Waals surface area contributed by atoms with Gasteiger partial charge in [-0.25, -0.2) is 18.4 Å². The number of hydrogen-bond acceptors (Lipinski definition) is 6. The summed E-state index contributed by atoms with van der Waals surface area (Å²) in [6.07, 6.45) is 0. The Bertz CT molecular complexity index is 1590. The normalized spacial score (nSPS) is 11.2. The van der Waals surface area contributed by atoms with Crippen LogP contribution >= 0.6 is 0 Å². The van der Waals surface area contributed by atoms with Crippen molar-refractivity contribution < 1.29 is 13.2 Å². The van der Waals surface area contributed by atoms with E-state index in [9.17, 15) is 8.42 Å². The lowest BCUT2D eigenvalue weighted by Gasteiger charge is -2.15. The van der Waals surface area contributed by atoms with Crippen molar-refractivity contribution in [2.45, 2.75) is 4.90 Å². The second-order valence-corrected chi connectivity index (χ2v) is 9.42. The first-order chi connectivity index (χ1) is 17.0. The van der Waals surface area contributed by atoms with Gasteiger partial charge in [0.15, 0.2) is 11.6 Å². The molecule has 0 spiro atoms. The number of ether oxygens (including phenoxy) is 1. The number of methoxy groups -OCH3 is 1. The van der Waals surface area contributed by atoms with Crippen molar-refractivity contribution in [3.05, 3.63) is 103 Å². The highest BCUT2D eigenvalue weighted by atomic mass is 32.2. The molecule has 0 unspecified atom stereocenters. The van der Waals surface area contributed by atoms with E-state index in [2.05, 4.69) is 20.0 Å². The molecule has 0 atom stereocenters. The molecule has 8 heteroatoms. The Hall–Kier alpha value is -4.43. The third-order valence-corrected chi connectivity index (χ3v) is 6.76. The number of anilines is 3. The Morgan fingerprint density at radius 2 is 1.31 bits per heavy atom. The molecule has 2 N–H and O–H groups in total. The quantitative estimate of drug-likeness (QED) is 0.302. The van der Waals surface area contributed by atoms with E-state index in [1.807, 2.05) is 66.7 Å². The van der Waals surface area contributed by atoms with E-state index in [1.54, 1.807) is 31.4 Å². The fourth-order valence-corrected chi connectivity index (χ4v) is 4.74. The molecule has 4 aromatic carbocycles. The van der Waals surface area contributed by atoms with E-state index in [0.29, 0.717) is 22.5 Å². The van der Waals surface area contributed by atoms with Gasteiger partial charge in [0.25, 0.3) is 10.0 Å². The third kappa shape index (κ3) is 4.78. The first-order valence-electron chi connectivity index (χ1n) is 10.9. The number of sulfonamides is 1. The largest absolute Gasteiger partial charge is 0.496 e. The summed E-state index contributed by atoms with van der Waals surface area (Å²) in [6.45, 7) is 0. The number of nitrogens with zero attached hydrogens (tertiary/aromatic N) is 2. The molecule has 35 heavy (non-hydrogen) atoms. The highest BCUT2D eigenvalue weighted by Crippen LogP contribution is 2.34. The Balaban J connectivity index is 1.55. The molecule has 0 bridgehead atoms.